The van der Waals surface area contributed by atoms with Gasteiger partial charge in [-0.15, -0.1) is 0 Å². The summed E-state index contributed by atoms with van der Waals surface area (Å²) in [6, 6.07) is 13.5. The molecule has 2 rings (SSSR count). The van der Waals surface area contributed by atoms with Gasteiger partial charge in [-0.05, 0) is 17.9 Å². The molecule has 0 N–H and O–H groups in total. The van der Waals surface area contributed by atoms with E-state index in [0.29, 0.717) is 18.6 Å². The summed E-state index contributed by atoms with van der Waals surface area (Å²) < 4.78 is 5.96. The SMILES string of the molecule is C#CN1CC(OCc2ccccc2)CC1C(C)C. The van der Waals surface area contributed by atoms with Gasteiger partial charge in [-0.2, -0.15) is 0 Å². The average molecular weight is 243 g/mol. The second kappa shape index (κ2) is 5.93. The van der Waals surface area contributed by atoms with Crippen molar-refractivity contribution in [3.05, 3.63) is 35.9 Å². The summed E-state index contributed by atoms with van der Waals surface area (Å²) in [5, 5.41) is 0. The van der Waals surface area contributed by atoms with Gasteiger partial charge in [-0.1, -0.05) is 50.6 Å². The molecular weight excluding hydrogens is 222 g/mol. The van der Waals surface area contributed by atoms with Crippen molar-refractivity contribution in [3.8, 4) is 12.5 Å². The van der Waals surface area contributed by atoms with E-state index in [-0.39, 0.29) is 6.10 Å². The zero-order chi connectivity index (χ0) is 13.0. The summed E-state index contributed by atoms with van der Waals surface area (Å²) in [6.07, 6.45) is 6.85. The molecule has 2 nitrogen and oxygen atoms in total. The third-order valence-electron chi connectivity index (χ3n) is 3.57. The fourth-order valence-corrected chi connectivity index (χ4v) is 2.52. The van der Waals surface area contributed by atoms with Crippen LogP contribution in [0.1, 0.15) is 25.8 Å². The Morgan fingerprint density at radius 2 is 2.11 bits per heavy atom. The molecule has 0 spiro atoms. The largest absolute Gasteiger partial charge is 0.372 e. The Kier molecular flexibility index (Phi) is 4.28. The Hall–Kier alpha value is -1.46. The average Bonchev–Trinajstić information content (AvgIpc) is 2.81. The molecule has 1 aliphatic rings. The van der Waals surface area contributed by atoms with Crippen LogP contribution in [-0.2, 0) is 11.3 Å². The van der Waals surface area contributed by atoms with Gasteiger partial charge in [0.15, 0.2) is 0 Å². The Labute approximate surface area is 110 Å². The zero-order valence-corrected chi connectivity index (χ0v) is 11.2. The van der Waals surface area contributed by atoms with Crippen LogP contribution in [0.15, 0.2) is 30.3 Å². The van der Waals surface area contributed by atoms with Crippen molar-refractivity contribution in [2.75, 3.05) is 6.54 Å². The molecule has 0 amide bonds. The third-order valence-corrected chi connectivity index (χ3v) is 3.57. The molecule has 1 aliphatic heterocycles. The lowest BCUT2D eigenvalue weighted by molar-refractivity contribution is 0.0491. The first-order valence-electron chi connectivity index (χ1n) is 6.59. The van der Waals surface area contributed by atoms with Gasteiger partial charge in [-0.3, -0.25) is 0 Å². The van der Waals surface area contributed by atoms with E-state index < -0.39 is 0 Å². The van der Waals surface area contributed by atoms with E-state index in [1.807, 2.05) is 18.2 Å². The van der Waals surface area contributed by atoms with Crippen molar-refractivity contribution in [1.29, 1.82) is 0 Å². The van der Waals surface area contributed by atoms with Crippen LogP contribution in [0.3, 0.4) is 0 Å². The minimum atomic E-state index is 0.258. The molecule has 0 saturated carbocycles. The summed E-state index contributed by atoms with van der Waals surface area (Å²) >= 11 is 0. The van der Waals surface area contributed by atoms with E-state index in [1.165, 1.54) is 5.56 Å². The minimum absolute atomic E-state index is 0.258. The molecule has 0 aliphatic carbocycles. The number of likely N-dealkylation sites (tertiary alicyclic amines) is 1. The fourth-order valence-electron chi connectivity index (χ4n) is 2.52. The summed E-state index contributed by atoms with van der Waals surface area (Å²) in [5.74, 6) is 0.575. The van der Waals surface area contributed by atoms with Gasteiger partial charge in [-0.25, -0.2) is 0 Å². The molecule has 0 aromatic heterocycles. The van der Waals surface area contributed by atoms with Crippen LogP contribution >= 0.6 is 0 Å². The smallest absolute Gasteiger partial charge is 0.0781 e. The molecular formula is C16H21NO. The second-order valence-corrected chi connectivity index (χ2v) is 5.25. The van der Waals surface area contributed by atoms with Crippen LogP contribution in [0.5, 0.6) is 0 Å². The van der Waals surface area contributed by atoms with Gasteiger partial charge in [0, 0.05) is 12.1 Å². The van der Waals surface area contributed by atoms with Crippen LogP contribution in [0, 0.1) is 18.4 Å². The van der Waals surface area contributed by atoms with Crippen molar-refractivity contribution >= 4 is 0 Å². The third kappa shape index (κ3) is 3.05. The van der Waals surface area contributed by atoms with Crippen LogP contribution in [0.2, 0.25) is 0 Å². The lowest BCUT2D eigenvalue weighted by Crippen LogP contribution is -2.29. The highest BCUT2D eigenvalue weighted by molar-refractivity contribution is 5.13. The van der Waals surface area contributed by atoms with Crippen molar-refractivity contribution < 1.29 is 4.74 Å². The quantitative estimate of drug-likeness (QED) is 0.754. The van der Waals surface area contributed by atoms with Crippen LogP contribution < -0.4 is 0 Å². The van der Waals surface area contributed by atoms with Gasteiger partial charge >= 0.3 is 0 Å². The van der Waals surface area contributed by atoms with E-state index in [0.717, 1.165) is 13.0 Å². The molecule has 1 heterocycles. The molecule has 2 unspecified atom stereocenters. The summed E-state index contributed by atoms with van der Waals surface area (Å²) in [5.41, 5.74) is 1.22. The van der Waals surface area contributed by atoms with Gasteiger partial charge in [0.05, 0.1) is 19.3 Å². The van der Waals surface area contributed by atoms with E-state index >= 15 is 0 Å². The molecule has 1 saturated heterocycles. The lowest BCUT2D eigenvalue weighted by atomic mass is 10.0. The molecule has 2 atom stereocenters. The predicted octanol–water partition coefficient (Wildman–Crippen LogP) is 2.89. The molecule has 0 radical (unpaired) electrons. The standard InChI is InChI=1S/C16H21NO/c1-4-17-11-15(10-16(17)13(2)3)18-12-14-8-6-5-7-9-14/h1,5-9,13,15-16H,10-12H2,2-3H3. The first-order valence-corrected chi connectivity index (χ1v) is 6.59. The molecule has 1 aromatic carbocycles. The van der Waals surface area contributed by atoms with Gasteiger partial charge in [0.25, 0.3) is 0 Å². The lowest BCUT2D eigenvalue weighted by Gasteiger charge is -2.22. The van der Waals surface area contributed by atoms with Crippen molar-refractivity contribution in [3.63, 3.8) is 0 Å². The fraction of sp³-hybridized carbons (Fsp3) is 0.500. The first-order chi connectivity index (χ1) is 8.70. The Morgan fingerprint density at radius 1 is 1.39 bits per heavy atom. The van der Waals surface area contributed by atoms with Crippen LogP contribution in [0.4, 0.5) is 0 Å². The zero-order valence-electron chi connectivity index (χ0n) is 11.2. The summed E-state index contributed by atoms with van der Waals surface area (Å²) in [7, 11) is 0. The van der Waals surface area contributed by atoms with E-state index in [2.05, 4.69) is 36.9 Å². The van der Waals surface area contributed by atoms with Crippen LogP contribution in [-0.4, -0.2) is 23.6 Å². The number of terminal acetylenes is 1. The molecule has 2 heteroatoms. The number of hydrogen-bond acceptors (Lipinski definition) is 2. The maximum atomic E-state index is 5.96. The molecule has 0 bridgehead atoms. The van der Waals surface area contributed by atoms with E-state index in [1.54, 1.807) is 0 Å². The highest BCUT2D eigenvalue weighted by Gasteiger charge is 2.32. The van der Waals surface area contributed by atoms with E-state index in [9.17, 15) is 0 Å². The molecule has 1 aromatic rings. The Bertz CT molecular complexity index is 407. The van der Waals surface area contributed by atoms with Gasteiger partial charge < -0.3 is 9.64 Å². The first kappa shape index (κ1) is 13.0. The maximum Gasteiger partial charge on any atom is 0.0781 e. The Balaban J connectivity index is 1.87. The predicted molar refractivity (Wildman–Crippen MR) is 73.8 cm³/mol. The number of benzene rings is 1. The second-order valence-electron chi connectivity index (χ2n) is 5.25. The van der Waals surface area contributed by atoms with E-state index in [4.69, 9.17) is 11.2 Å². The topological polar surface area (TPSA) is 12.5 Å². The van der Waals surface area contributed by atoms with Gasteiger partial charge in [0.1, 0.15) is 0 Å². The molecule has 96 valence electrons. The monoisotopic (exact) mass is 243 g/mol. The van der Waals surface area contributed by atoms with Crippen LogP contribution in [0.25, 0.3) is 0 Å². The van der Waals surface area contributed by atoms with Crippen molar-refractivity contribution in [1.82, 2.24) is 4.90 Å². The van der Waals surface area contributed by atoms with Crippen molar-refractivity contribution in [2.45, 2.75) is 39.0 Å². The number of rotatable bonds is 4. The number of ether oxygens (including phenoxy) is 1. The highest BCUT2D eigenvalue weighted by Crippen LogP contribution is 2.25. The van der Waals surface area contributed by atoms with Gasteiger partial charge in [0.2, 0.25) is 0 Å². The van der Waals surface area contributed by atoms with Crippen molar-refractivity contribution in [2.24, 2.45) is 5.92 Å². The minimum Gasteiger partial charge on any atom is -0.372 e. The normalized spacial score (nSPS) is 23.3. The number of hydrogen-bond donors (Lipinski definition) is 0. The molecule has 1 fully saturated rings. The summed E-state index contributed by atoms with van der Waals surface area (Å²) in [6.45, 7) is 5.96. The number of nitrogens with zero attached hydrogens (tertiary/aromatic N) is 1. The highest BCUT2D eigenvalue weighted by atomic mass is 16.5. The maximum absolute atomic E-state index is 5.96. The Morgan fingerprint density at radius 3 is 2.67 bits per heavy atom. The molecule has 18 heavy (non-hydrogen) atoms. The summed E-state index contributed by atoms with van der Waals surface area (Å²) in [4.78, 5) is 2.08.